The Bertz CT molecular complexity index is 462. The van der Waals surface area contributed by atoms with E-state index in [2.05, 4.69) is 22.8 Å². The first-order chi connectivity index (χ1) is 7.22. The summed E-state index contributed by atoms with van der Waals surface area (Å²) in [6.07, 6.45) is 0.162. The van der Waals surface area contributed by atoms with Gasteiger partial charge in [-0.25, -0.2) is 0 Å². The average molecular weight is 204 g/mol. The summed E-state index contributed by atoms with van der Waals surface area (Å²) < 4.78 is 2.11. The van der Waals surface area contributed by atoms with E-state index in [0.717, 1.165) is 5.69 Å². The van der Waals surface area contributed by atoms with Crippen molar-refractivity contribution in [1.29, 1.82) is 0 Å². The molecule has 1 aromatic carbocycles. The van der Waals surface area contributed by atoms with Gasteiger partial charge in [0.2, 0.25) is 0 Å². The number of hydrogen-bond acceptors (Lipinski definition) is 2. The van der Waals surface area contributed by atoms with E-state index in [1.807, 2.05) is 19.2 Å². The highest BCUT2D eigenvalue weighted by Crippen LogP contribution is 2.19. The van der Waals surface area contributed by atoms with Gasteiger partial charge >= 0.3 is 0 Å². The SMILES string of the molecule is Cn1c(CC(O)CN)cc2ccccc21. The largest absolute Gasteiger partial charge is 0.391 e. The maximum Gasteiger partial charge on any atom is 0.0717 e. The third kappa shape index (κ3) is 1.89. The van der Waals surface area contributed by atoms with Crippen LogP contribution in [0.2, 0.25) is 0 Å². The molecule has 80 valence electrons. The lowest BCUT2D eigenvalue weighted by molar-refractivity contribution is 0.181. The molecule has 0 aliphatic heterocycles. The van der Waals surface area contributed by atoms with Crippen molar-refractivity contribution >= 4 is 10.9 Å². The van der Waals surface area contributed by atoms with Gasteiger partial charge in [-0.3, -0.25) is 0 Å². The summed E-state index contributed by atoms with van der Waals surface area (Å²) in [7, 11) is 2.01. The molecule has 0 aliphatic carbocycles. The first-order valence-corrected chi connectivity index (χ1v) is 5.14. The second kappa shape index (κ2) is 4.04. The van der Waals surface area contributed by atoms with Crippen molar-refractivity contribution in [2.75, 3.05) is 6.54 Å². The summed E-state index contributed by atoms with van der Waals surface area (Å²) in [6.45, 7) is 0.307. The van der Waals surface area contributed by atoms with Gasteiger partial charge in [0.1, 0.15) is 0 Å². The lowest BCUT2D eigenvalue weighted by Crippen LogP contribution is -2.22. The van der Waals surface area contributed by atoms with E-state index in [4.69, 9.17) is 5.73 Å². The van der Waals surface area contributed by atoms with Crippen LogP contribution in [-0.2, 0) is 13.5 Å². The first-order valence-electron chi connectivity index (χ1n) is 5.14. The Morgan fingerprint density at radius 3 is 2.80 bits per heavy atom. The quantitative estimate of drug-likeness (QED) is 0.785. The molecule has 0 radical (unpaired) electrons. The van der Waals surface area contributed by atoms with Gasteiger partial charge < -0.3 is 15.4 Å². The predicted molar refractivity (Wildman–Crippen MR) is 61.7 cm³/mol. The van der Waals surface area contributed by atoms with Gasteiger partial charge in [-0.1, -0.05) is 18.2 Å². The number of aromatic nitrogens is 1. The predicted octanol–water partition coefficient (Wildman–Crippen LogP) is 1.04. The minimum Gasteiger partial charge on any atom is -0.391 e. The molecule has 0 amide bonds. The highest BCUT2D eigenvalue weighted by Gasteiger charge is 2.08. The monoisotopic (exact) mass is 204 g/mol. The third-order valence-electron chi connectivity index (χ3n) is 2.77. The van der Waals surface area contributed by atoms with Crippen LogP contribution in [0.5, 0.6) is 0 Å². The van der Waals surface area contributed by atoms with Crippen LogP contribution in [0.4, 0.5) is 0 Å². The van der Waals surface area contributed by atoms with Crippen LogP contribution in [0, 0.1) is 0 Å². The maximum atomic E-state index is 9.52. The van der Waals surface area contributed by atoms with E-state index in [1.165, 1.54) is 10.9 Å². The molecule has 15 heavy (non-hydrogen) atoms. The van der Waals surface area contributed by atoms with Crippen molar-refractivity contribution in [3.05, 3.63) is 36.0 Å². The fourth-order valence-corrected chi connectivity index (χ4v) is 1.87. The van der Waals surface area contributed by atoms with Crippen molar-refractivity contribution in [3.63, 3.8) is 0 Å². The number of aryl methyl sites for hydroxylation is 1. The van der Waals surface area contributed by atoms with Crippen molar-refractivity contribution in [3.8, 4) is 0 Å². The van der Waals surface area contributed by atoms with Gasteiger partial charge in [-0.2, -0.15) is 0 Å². The highest BCUT2D eigenvalue weighted by molar-refractivity contribution is 5.81. The summed E-state index contributed by atoms with van der Waals surface area (Å²) in [5, 5.41) is 10.7. The molecule has 0 spiro atoms. The molecule has 1 heterocycles. The molecule has 3 nitrogen and oxygen atoms in total. The van der Waals surface area contributed by atoms with Crippen LogP contribution in [0.15, 0.2) is 30.3 Å². The number of nitrogens with zero attached hydrogens (tertiary/aromatic N) is 1. The summed E-state index contributed by atoms with van der Waals surface area (Å²) in [4.78, 5) is 0. The Morgan fingerprint density at radius 1 is 1.40 bits per heavy atom. The van der Waals surface area contributed by atoms with E-state index in [0.29, 0.717) is 13.0 Å². The van der Waals surface area contributed by atoms with E-state index >= 15 is 0 Å². The number of hydrogen-bond donors (Lipinski definition) is 2. The lowest BCUT2D eigenvalue weighted by Gasteiger charge is -2.08. The Morgan fingerprint density at radius 2 is 2.13 bits per heavy atom. The van der Waals surface area contributed by atoms with Gasteiger partial charge in [-0.05, 0) is 17.5 Å². The van der Waals surface area contributed by atoms with E-state index in [9.17, 15) is 5.11 Å². The van der Waals surface area contributed by atoms with E-state index in [-0.39, 0.29) is 0 Å². The van der Waals surface area contributed by atoms with Gasteiger partial charge in [0.25, 0.3) is 0 Å². The zero-order chi connectivity index (χ0) is 10.8. The Balaban J connectivity index is 2.40. The molecular weight excluding hydrogens is 188 g/mol. The zero-order valence-corrected chi connectivity index (χ0v) is 8.85. The Kier molecular flexibility index (Phi) is 2.75. The zero-order valence-electron chi connectivity index (χ0n) is 8.85. The maximum absolute atomic E-state index is 9.52. The first kappa shape index (κ1) is 10.2. The van der Waals surface area contributed by atoms with Crippen molar-refractivity contribution < 1.29 is 5.11 Å². The summed E-state index contributed by atoms with van der Waals surface area (Å²) in [6, 6.07) is 10.3. The molecule has 0 saturated carbocycles. The molecular formula is C12H16N2O. The molecule has 1 aromatic heterocycles. The molecule has 0 aliphatic rings. The number of rotatable bonds is 3. The number of para-hydroxylation sites is 1. The van der Waals surface area contributed by atoms with E-state index < -0.39 is 6.10 Å². The Labute approximate surface area is 89.1 Å². The minimum atomic E-state index is -0.451. The normalized spacial score (nSPS) is 13.3. The highest BCUT2D eigenvalue weighted by atomic mass is 16.3. The smallest absolute Gasteiger partial charge is 0.0717 e. The van der Waals surface area contributed by atoms with Crippen LogP contribution >= 0.6 is 0 Å². The van der Waals surface area contributed by atoms with Gasteiger partial charge in [0, 0.05) is 31.2 Å². The number of aliphatic hydroxyl groups excluding tert-OH is 1. The van der Waals surface area contributed by atoms with Crippen LogP contribution in [0.3, 0.4) is 0 Å². The van der Waals surface area contributed by atoms with Crippen LogP contribution in [0.25, 0.3) is 10.9 Å². The average Bonchev–Trinajstić information content (AvgIpc) is 2.57. The number of nitrogens with two attached hydrogens (primary N) is 1. The van der Waals surface area contributed by atoms with Gasteiger partial charge in [0.05, 0.1) is 6.10 Å². The Hall–Kier alpha value is -1.32. The van der Waals surface area contributed by atoms with Crippen LogP contribution in [0.1, 0.15) is 5.69 Å². The molecule has 0 saturated heterocycles. The number of benzene rings is 1. The fraction of sp³-hybridized carbons (Fsp3) is 0.333. The van der Waals surface area contributed by atoms with E-state index in [1.54, 1.807) is 0 Å². The molecule has 1 atom stereocenters. The van der Waals surface area contributed by atoms with Crippen molar-refractivity contribution in [2.45, 2.75) is 12.5 Å². The fourth-order valence-electron chi connectivity index (χ4n) is 1.87. The molecule has 0 fully saturated rings. The summed E-state index contributed by atoms with van der Waals surface area (Å²) in [5.41, 5.74) is 7.72. The third-order valence-corrected chi connectivity index (χ3v) is 2.77. The van der Waals surface area contributed by atoms with Crippen LogP contribution < -0.4 is 5.73 Å². The summed E-state index contributed by atoms with van der Waals surface area (Å²) >= 11 is 0. The lowest BCUT2D eigenvalue weighted by atomic mass is 10.2. The number of aliphatic hydroxyl groups is 1. The van der Waals surface area contributed by atoms with Crippen molar-refractivity contribution in [2.24, 2.45) is 12.8 Å². The molecule has 2 rings (SSSR count). The van der Waals surface area contributed by atoms with Crippen molar-refractivity contribution in [1.82, 2.24) is 4.57 Å². The molecule has 3 heteroatoms. The second-order valence-corrected chi connectivity index (χ2v) is 3.85. The molecule has 2 aromatic rings. The summed E-state index contributed by atoms with van der Waals surface area (Å²) in [5.74, 6) is 0. The number of fused-ring (bicyclic) bond motifs is 1. The second-order valence-electron chi connectivity index (χ2n) is 3.85. The standard InChI is InChI=1S/C12H16N2O/c1-14-10(7-11(15)8-13)6-9-4-2-3-5-12(9)14/h2-6,11,15H,7-8,13H2,1H3. The topological polar surface area (TPSA) is 51.2 Å². The van der Waals surface area contributed by atoms with Gasteiger partial charge in [0.15, 0.2) is 0 Å². The minimum absolute atomic E-state index is 0.307. The molecule has 0 bridgehead atoms. The molecule has 3 N–H and O–H groups in total. The van der Waals surface area contributed by atoms with Gasteiger partial charge in [-0.15, -0.1) is 0 Å². The van der Waals surface area contributed by atoms with Crippen LogP contribution in [-0.4, -0.2) is 22.3 Å². The molecule has 1 unspecified atom stereocenters.